The molecule has 1 aliphatic rings. The molecule has 94 valence electrons. The van der Waals surface area contributed by atoms with Gasteiger partial charge in [-0.2, -0.15) is 4.98 Å². The van der Waals surface area contributed by atoms with Crippen molar-refractivity contribution < 1.29 is 4.52 Å². The molecule has 2 rings (SSSR count). The van der Waals surface area contributed by atoms with E-state index in [0.717, 1.165) is 25.6 Å². The summed E-state index contributed by atoms with van der Waals surface area (Å²) in [4.78, 5) is 6.61. The van der Waals surface area contributed by atoms with Gasteiger partial charge in [-0.15, -0.1) is 6.58 Å². The zero-order chi connectivity index (χ0) is 11.9. The Balaban J connectivity index is 1.89. The van der Waals surface area contributed by atoms with E-state index in [0.29, 0.717) is 12.4 Å². The molecule has 0 aromatic carbocycles. The molecule has 0 atom stereocenters. The van der Waals surface area contributed by atoms with Crippen molar-refractivity contribution in [2.24, 2.45) is 0 Å². The number of hydrogen-bond donors (Lipinski definition) is 1. The van der Waals surface area contributed by atoms with Gasteiger partial charge in [0.25, 0.3) is 5.95 Å². The molecule has 1 N–H and O–H groups in total. The summed E-state index contributed by atoms with van der Waals surface area (Å²) in [6.45, 7) is 7.08. The van der Waals surface area contributed by atoms with Gasteiger partial charge in [-0.3, -0.25) is 0 Å². The van der Waals surface area contributed by atoms with Crippen LogP contribution < -0.4 is 10.2 Å². The molecular weight excluding hydrogens is 216 g/mol. The molecule has 0 bridgehead atoms. The van der Waals surface area contributed by atoms with Crippen molar-refractivity contribution in [3.8, 4) is 0 Å². The van der Waals surface area contributed by atoms with Gasteiger partial charge in [0.05, 0.1) is 6.54 Å². The van der Waals surface area contributed by atoms with E-state index in [-0.39, 0.29) is 0 Å². The number of rotatable bonds is 5. The molecule has 0 amide bonds. The smallest absolute Gasteiger partial charge is 0.266 e. The maximum atomic E-state index is 5.21. The summed E-state index contributed by atoms with van der Waals surface area (Å²) in [5.41, 5.74) is 0. The van der Waals surface area contributed by atoms with E-state index < -0.39 is 0 Å². The van der Waals surface area contributed by atoms with Crippen molar-refractivity contribution in [3.05, 3.63) is 18.5 Å². The lowest BCUT2D eigenvalue weighted by Crippen LogP contribution is -2.25. The third-order valence-electron chi connectivity index (χ3n) is 2.91. The fraction of sp³-hybridized carbons (Fsp3) is 0.667. The molecule has 1 aromatic heterocycles. The molecular formula is C12H20N4O. The topological polar surface area (TPSA) is 54.2 Å². The van der Waals surface area contributed by atoms with Gasteiger partial charge < -0.3 is 14.7 Å². The Morgan fingerprint density at radius 3 is 2.76 bits per heavy atom. The van der Waals surface area contributed by atoms with Crippen LogP contribution in [0.3, 0.4) is 0 Å². The van der Waals surface area contributed by atoms with Crippen LogP contribution in [0.25, 0.3) is 0 Å². The molecule has 1 aromatic rings. The van der Waals surface area contributed by atoms with Gasteiger partial charge in [0.1, 0.15) is 0 Å². The number of nitrogens with zero attached hydrogens (tertiary/aromatic N) is 3. The lowest BCUT2D eigenvalue weighted by Gasteiger charge is -2.16. The first kappa shape index (κ1) is 12.1. The second kappa shape index (κ2) is 6.39. The van der Waals surface area contributed by atoms with Crippen molar-refractivity contribution >= 4 is 5.95 Å². The minimum atomic E-state index is 0.604. The highest BCUT2D eigenvalue weighted by Crippen LogP contribution is 2.16. The summed E-state index contributed by atoms with van der Waals surface area (Å²) in [5, 5.41) is 7.18. The Bertz CT molecular complexity index is 342. The first-order valence-electron chi connectivity index (χ1n) is 6.29. The van der Waals surface area contributed by atoms with E-state index in [9.17, 15) is 0 Å². The maximum absolute atomic E-state index is 5.21. The molecule has 0 spiro atoms. The predicted molar refractivity (Wildman–Crippen MR) is 66.9 cm³/mol. The highest BCUT2D eigenvalue weighted by Gasteiger charge is 2.15. The zero-order valence-corrected chi connectivity index (χ0v) is 10.2. The van der Waals surface area contributed by atoms with Crippen molar-refractivity contribution in [2.75, 3.05) is 24.5 Å². The fourth-order valence-corrected chi connectivity index (χ4v) is 2.00. The highest BCUT2D eigenvalue weighted by atomic mass is 16.5. The fourth-order valence-electron chi connectivity index (χ4n) is 2.00. The largest absolute Gasteiger partial charge is 0.338 e. The van der Waals surface area contributed by atoms with Gasteiger partial charge in [0.2, 0.25) is 5.89 Å². The Morgan fingerprint density at radius 2 is 2.06 bits per heavy atom. The van der Waals surface area contributed by atoms with Crippen molar-refractivity contribution in [1.82, 2.24) is 15.5 Å². The predicted octanol–water partition coefficient (Wildman–Crippen LogP) is 1.73. The number of anilines is 1. The minimum absolute atomic E-state index is 0.604. The third-order valence-corrected chi connectivity index (χ3v) is 2.91. The van der Waals surface area contributed by atoms with Crippen molar-refractivity contribution in [3.63, 3.8) is 0 Å². The monoisotopic (exact) mass is 236 g/mol. The molecule has 0 aliphatic carbocycles. The third kappa shape index (κ3) is 3.56. The molecule has 0 radical (unpaired) electrons. The Labute approximate surface area is 102 Å². The van der Waals surface area contributed by atoms with Gasteiger partial charge in [-0.05, 0) is 18.0 Å². The summed E-state index contributed by atoms with van der Waals surface area (Å²) in [6.07, 6.45) is 6.87. The van der Waals surface area contributed by atoms with Crippen LogP contribution >= 0.6 is 0 Å². The number of nitrogens with one attached hydrogen (secondary N) is 1. The molecule has 5 nitrogen and oxygen atoms in total. The van der Waals surface area contributed by atoms with Gasteiger partial charge in [-0.1, -0.05) is 18.9 Å². The first-order chi connectivity index (χ1) is 8.40. The first-order valence-corrected chi connectivity index (χ1v) is 6.29. The van der Waals surface area contributed by atoms with Gasteiger partial charge in [-0.25, -0.2) is 0 Å². The number of aromatic nitrogens is 2. The Kier molecular flexibility index (Phi) is 4.55. The second-order valence-electron chi connectivity index (χ2n) is 4.31. The van der Waals surface area contributed by atoms with E-state index in [2.05, 4.69) is 26.9 Å². The molecule has 5 heteroatoms. The molecule has 17 heavy (non-hydrogen) atoms. The van der Waals surface area contributed by atoms with Crippen LogP contribution in [0.2, 0.25) is 0 Å². The molecule has 2 heterocycles. The molecule has 1 aliphatic heterocycles. The van der Waals surface area contributed by atoms with Crippen LogP contribution in [-0.2, 0) is 6.54 Å². The Hall–Kier alpha value is -1.36. The van der Waals surface area contributed by atoms with Gasteiger partial charge >= 0.3 is 0 Å². The lowest BCUT2D eigenvalue weighted by molar-refractivity contribution is 0.369. The summed E-state index contributed by atoms with van der Waals surface area (Å²) in [6, 6.07) is 0. The van der Waals surface area contributed by atoms with Crippen molar-refractivity contribution in [1.29, 1.82) is 0 Å². The molecule has 1 saturated heterocycles. The van der Waals surface area contributed by atoms with Crippen LogP contribution in [-0.4, -0.2) is 29.8 Å². The van der Waals surface area contributed by atoms with E-state index in [1.807, 2.05) is 6.08 Å². The van der Waals surface area contributed by atoms with E-state index in [1.54, 1.807) is 0 Å². The number of hydrogen-bond acceptors (Lipinski definition) is 5. The average molecular weight is 236 g/mol. The van der Waals surface area contributed by atoms with Crippen molar-refractivity contribution in [2.45, 2.75) is 32.2 Å². The summed E-state index contributed by atoms with van der Waals surface area (Å²) < 4.78 is 5.21. The van der Waals surface area contributed by atoms with Crippen LogP contribution in [0.5, 0.6) is 0 Å². The summed E-state index contributed by atoms with van der Waals surface area (Å²) in [5.74, 6) is 1.38. The van der Waals surface area contributed by atoms with Crippen LogP contribution in [0, 0.1) is 0 Å². The average Bonchev–Trinajstić information content (AvgIpc) is 2.64. The normalized spacial score (nSPS) is 16.8. The molecule has 0 unspecified atom stereocenters. The SMILES string of the molecule is C=CCNCc1nc(N2CCCCCC2)no1. The minimum Gasteiger partial charge on any atom is -0.338 e. The summed E-state index contributed by atoms with van der Waals surface area (Å²) in [7, 11) is 0. The Morgan fingerprint density at radius 1 is 1.29 bits per heavy atom. The standard InChI is InChI=1S/C12H20N4O/c1-2-7-13-10-11-14-12(15-17-11)16-8-5-3-4-6-9-16/h2,13H,1,3-10H2. The van der Waals surface area contributed by atoms with E-state index in [1.165, 1.54) is 25.7 Å². The molecule has 1 fully saturated rings. The van der Waals surface area contributed by atoms with E-state index in [4.69, 9.17) is 4.52 Å². The molecule has 0 saturated carbocycles. The zero-order valence-electron chi connectivity index (χ0n) is 10.2. The summed E-state index contributed by atoms with van der Waals surface area (Å²) >= 11 is 0. The quantitative estimate of drug-likeness (QED) is 0.623. The maximum Gasteiger partial charge on any atom is 0.266 e. The second-order valence-corrected chi connectivity index (χ2v) is 4.31. The van der Waals surface area contributed by atoms with Crippen LogP contribution in [0.4, 0.5) is 5.95 Å². The lowest BCUT2D eigenvalue weighted by atomic mass is 10.2. The highest BCUT2D eigenvalue weighted by molar-refractivity contribution is 5.27. The van der Waals surface area contributed by atoms with E-state index >= 15 is 0 Å². The van der Waals surface area contributed by atoms with Gasteiger partial charge in [0, 0.05) is 19.6 Å². The van der Waals surface area contributed by atoms with Crippen LogP contribution in [0.1, 0.15) is 31.6 Å². The van der Waals surface area contributed by atoms with Gasteiger partial charge in [0.15, 0.2) is 0 Å². The van der Waals surface area contributed by atoms with Crippen LogP contribution in [0.15, 0.2) is 17.2 Å².